The second-order valence-corrected chi connectivity index (χ2v) is 14.2. The Balaban J connectivity index is 1.08. The van der Waals surface area contributed by atoms with Crippen molar-refractivity contribution < 1.29 is 63.6 Å². The van der Waals surface area contributed by atoms with Gasteiger partial charge >= 0.3 is 5.97 Å². The van der Waals surface area contributed by atoms with Crippen molar-refractivity contribution >= 4 is 23.9 Å². The van der Waals surface area contributed by atoms with E-state index in [2.05, 4.69) is 5.32 Å². The zero-order valence-corrected chi connectivity index (χ0v) is 29.6. The smallest absolute Gasteiger partial charge is 0.339 e. The number of likely N-dealkylation sites (tertiary alicyclic amines) is 1. The number of carbonyl (C=O) groups is 3. The zero-order valence-electron chi connectivity index (χ0n) is 29.6. The highest BCUT2D eigenvalue weighted by Gasteiger charge is 2.55. The average Bonchev–Trinajstić information content (AvgIpc) is 3.91. The number of nitrogens with one attached hydrogen (secondary N) is 1. The third-order valence-corrected chi connectivity index (χ3v) is 10.7. The van der Waals surface area contributed by atoms with Gasteiger partial charge in [0.2, 0.25) is 11.8 Å². The molecule has 15 heteroatoms. The standard InChI is InChI=1S/C39H46N2O13/c42-15-13-40-35(47)27-12-5-14-41(27)36(48)25-17-28(34-29(18-25)53-39(54-34)19-23-8-1-2-9-24(23)20-39)51-37(49)26-11-4-3-7-22(26)10-6-16-50-38-33(46)32(45)31(44)30(21-43)52-38/h1-4,6-11,18,27-34,38,42-46H,5,12-17,19-21H2,(H,40,47)/t27-,28-,29-,30-,31+,32+,33-,34+,38+/m1/s1. The lowest BCUT2D eigenvalue weighted by molar-refractivity contribution is -0.298. The molecule has 15 nitrogen and oxygen atoms in total. The minimum absolute atomic E-state index is 0.0323. The van der Waals surface area contributed by atoms with Crippen molar-refractivity contribution in [2.24, 2.45) is 0 Å². The highest BCUT2D eigenvalue weighted by molar-refractivity contribution is 5.98. The topological polar surface area (TPSA) is 214 Å². The third-order valence-electron chi connectivity index (χ3n) is 10.7. The zero-order chi connectivity index (χ0) is 38.0. The number of ether oxygens (including phenoxy) is 5. The summed E-state index contributed by atoms with van der Waals surface area (Å²) >= 11 is 0. The molecule has 3 fully saturated rings. The van der Waals surface area contributed by atoms with Crippen LogP contribution in [0, 0.1) is 0 Å². The summed E-state index contributed by atoms with van der Waals surface area (Å²) in [7, 11) is 0. The van der Waals surface area contributed by atoms with Gasteiger partial charge in [-0.25, -0.2) is 4.79 Å². The summed E-state index contributed by atoms with van der Waals surface area (Å²) in [6.07, 6.45) is -2.32. The number of hydrogen-bond donors (Lipinski definition) is 6. The van der Waals surface area contributed by atoms with E-state index in [4.69, 9.17) is 23.7 Å². The number of carbonyl (C=O) groups excluding carboxylic acids is 3. The van der Waals surface area contributed by atoms with Gasteiger partial charge in [0.05, 0.1) is 25.4 Å². The molecule has 0 unspecified atom stereocenters. The first-order valence-electron chi connectivity index (χ1n) is 18.3. The molecule has 0 bridgehead atoms. The molecule has 9 atom stereocenters. The van der Waals surface area contributed by atoms with Gasteiger partial charge in [-0.15, -0.1) is 0 Å². The Bertz CT molecular complexity index is 1740. The van der Waals surface area contributed by atoms with Gasteiger partial charge in [0, 0.05) is 37.9 Å². The van der Waals surface area contributed by atoms with Crippen LogP contribution >= 0.6 is 0 Å². The Morgan fingerprint density at radius 2 is 1.70 bits per heavy atom. The maximum absolute atomic E-state index is 14.1. The molecule has 2 aliphatic carbocycles. The molecule has 0 radical (unpaired) electrons. The van der Waals surface area contributed by atoms with Crippen LogP contribution in [0.2, 0.25) is 0 Å². The van der Waals surface area contributed by atoms with E-state index >= 15 is 0 Å². The summed E-state index contributed by atoms with van der Waals surface area (Å²) in [5.41, 5.74) is 3.25. The average molecular weight is 751 g/mol. The molecule has 290 valence electrons. The molecule has 2 aromatic rings. The first kappa shape index (κ1) is 38.3. The van der Waals surface area contributed by atoms with Crippen LogP contribution in [0.3, 0.4) is 0 Å². The number of aliphatic hydroxyl groups excluding tert-OH is 5. The molecular formula is C39H46N2O13. The fraction of sp³-hybridized carbons (Fsp3) is 0.513. The SMILES string of the molecule is O=C(O[C@@H]1CC(C(=O)N2CCC[C@@H]2C(=O)NCCO)=C[C@H]2OC3(Cc4ccccc4C3)O[C@H]21)c1ccccc1C=CCO[C@H]1O[C@H](CO)[C@H](O)[C@H](O)[C@H]1O. The molecule has 5 aliphatic rings. The largest absolute Gasteiger partial charge is 0.456 e. The molecule has 0 saturated carbocycles. The Morgan fingerprint density at radius 3 is 2.44 bits per heavy atom. The second kappa shape index (κ2) is 16.4. The number of esters is 1. The Hall–Kier alpha value is -4.03. The van der Waals surface area contributed by atoms with Crippen LogP contribution in [0.4, 0.5) is 0 Å². The fourth-order valence-electron chi connectivity index (χ4n) is 7.98. The van der Waals surface area contributed by atoms with Crippen LogP contribution in [-0.2, 0) is 46.1 Å². The van der Waals surface area contributed by atoms with Crippen LogP contribution in [0.1, 0.15) is 46.3 Å². The van der Waals surface area contributed by atoms with Crippen molar-refractivity contribution in [3.05, 3.63) is 88.5 Å². The number of fused-ring (bicyclic) bond motifs is 2. The summed E-state index contributed by atoms with van der Waals surface area (Å²) in [6.45, 7) is -0.454. The lowest BCUT2D eigenvalue weighted by Gasteiger charge is -2.39. The first-order chi connectivity index (χ1) is 26.1. The molecule has 3 heterocycles. The van der Waals surface area contributed by atoms with E-state index in [0.29, 0.717) is 43.4 Å². The minimum Gasteiger partial charge on any atom is -0.456 e. The fourth-order valence-corrected chi connectivity index (χ4v) is 7.98. The Kier molecular flexibility index (Phi) is 11.6. The first-order valence-corrected chi connectivity index (χ1v) is 18.3. The van der Waals surface area contributed by atoms with Gasteiger partial charge in [-0.05, 0) is 41.7 Å². The van der Waals surface area contributed by atoms with E-state index in [0.717, 1.165) is 11.1 Å². The monoisotopic (exact) mass is 750 g/mol. The summed E-state index contributed by atoms with van der Waals surface area (Å²) in [6, 6.07) is 14.0. The van der Waals surface area contributed by atoms with Gasteiger partial charge in [-0.3, -0.25) is 9.59 Å². The van der Waals surface area contributed by atoms with Crippen molar-refractivity contribution in [3.63, 3.8) is 0 Å². The molecule has 7 rings (SSSR count). The van der Waals surface area contributed by atoms with Crippen molar-refractivity contribution in [1.29, 1.82) is 0 Å². The van der Waals surface area contributed by atoms with E-state index in [-0.39, 0.29) is 43.6 Å². The molecule has 2 aromatic carbocycles. The second-order valence-electron chi connectivity index (χ2n) is 14.2. The number of rotatable bonds is 11. The molecular weight excluding hydrogens is 704 g/mol. The van der Waals surface area contributed by atoms with E-state index in [1.807, 2.05) is 24.3 Å². The summed E-state index contributed by atoms with van der Waals surface area (Å²) in [5, 5.41) is 51.6. The third kappa shape index (κ3) is 7.74. The van der Waals surface area contributed by atoms with E-state index in [1.165, 1.54) is 4.90 Å². The van der Waals surface area contributed by atoms with Crippen molar-refractivity contribution in [3.8, 4) is 0 Å². The number of amides is 2. The molecule has 1 spiro atoms. The van der Waals surface area contributed by atoms with E-state index in [9.17, 15) is 39.9 Å². The minimum atomic E-state index is -1.58. The lowest BCUT2D eigenvalue weighted by atomic mass is 9.91. The molecule has 3 aliphatic heterocycles. The van der Waals surface area contributed by atoms with Gasteiger partial charge in [0.1, 0.15) is 48.8 Å². The molecule has 6 N–H and O–H groups in total. The Labute approximate surface area is 311 Å². The predicted molar refractivity (Wildman–Crippen MR) is 188 cm³/mol. The Morgan fingerprint density at radius 1 is 0.963 bits per heavy atom. The summed E-state index contributed by atoms with van der Waals surface area (Å²) < 4.78 is 30.4. The van der Waals surface area contributed by atoms with Crippen LogP contribution in [0.15, 0.2) is 66.3 Å². The summed E-state index contributed by atoms with van der Waals surface area (Å²) in [5.74, 6) is -2.35. The van der Waals surface area contributed by atoms with Gasteiger partial charge in [0.25, 0.3) is 0 Å². The maximum Gasteiger partial charge on any atom is 0.339 e. The van der Waals surface area contributed by atoms with Gasteiger partial charge < -0.3 is 59.4 Å². The number of hydrogen-bond acceptors (Lipinski definition) is 13. The van der Waals surface area contributed by atoms with Gasteiger partial charge in [0.15, 0.2) is 12.1 Å². The van der Waals surface area contributed by atoms with Gasteiger partial charge in [-0.2, -0.15) is 0 Å². The van der Waals surface area contributed by atoms with Crippen molar-refractivity contribution in [2.45, 2.75) is 93.0 Å². The van der Waals surface area contributed by atoms with Crippen LogP contribution in [0.5, 0.6) is 0 Å². The van der Waals surface area contributed by atoms with Crippen molar-refractivity contribution in [2.75, 3.05) is 32.9 Å². The van der Waals surface area contributed by atoms with E-state index < -0.39 is 73.4 Å². The van der Waals surface area contributed by atoms with Gasteiger partial charge in [-0.1, -0.05) is 54.6 Å². The molecule has 0 aromatic heterocycles. The van der Waals surface area contributed by atoms with Crippen LogP contribution in [0.25, 0.3) is 6.08 Å². The highest BCUT2D eigenvalue weighted by Crippen LogP contribution is 2.45. The van der Waals surface area contributed by atoms with Crippen molar-refractivity contribution in [1.82, 2.24) is 10.2 Å². The number of aliphatic hydroxyl groups is 5. The van der Waals surface area contributed by atoms with E-state index in [1.54, 1.807) is 42.5 Å². The molecule has 2 amide bonds. The predicted octanol–water partition coefficient (Wildman–Crippen LogP) is -0.250. The number of nitrogens with zero attached hydrogens (tertiary/aromatic N) is 1. The normalized spacial score (nSPS) is 31.3. The highest BCUT2D eigenvalue weighted by atomic mass is 16.8. The van der Waals surface area contributed by atoms with Crippen LogP contribution < -0.4 is 5.32 Å². The summed E-state index contributed by atoms with van der Waals surface area (Å²) in [4.78, 5) is 42.4. The number of benzene rings is 2. The quantitative estimate of drug-likeness (QED) is 0.164. The maximum atomic E-state index is 14.1. The van der Waals surface area contributed by atoms with Crippen LogP contribution in [-0.4, -0.2) is 142 Å². The lowest BCUT2D eigenvalue weighted by Crippen LogP contribution is -2.59. The molecule has 54 heavy (non-hydrogen) atoms. The molecule has 3 saturated heterocycles.